The highest BCUT2D eigenvalue weighted by molar-refractivity contribution is 5.94. The van der Waals surface area contributed by atoms with Crippen LogP contribution < -0.4 is 5.69 Å². The SMILES string of the molecule is Cc1c[nH]c(=O)n1-c1ccc(C(=O)N2CCC(C(=O)N3CCCCCC3)CC2)cc1. The molecule has 4 rings (SSSR count). The normalized spacial score (nSPS) is 18.3. The topological polar surface area (TPSA) is 78.4 Å². The second kappa shape index (κ2) is 8.90. The van der Waals surface area contributed by atoms with Crippen molar-refractivity contribution in [1.29, 1.82) is 0 Å². The maximum absolute atomic E-state index is 12.9. The Morgan fingerprint density at radius 3 is 2.10 bits per heavy atom. The zero-order chi connectivity index (χ0) is 21.1. The summed E-state index contributed by atoms with van der Waals surface area (Å²) in [5.41, 5.74) is 1.97. The van der Waals surface area contributed by atoms with Gasteiger partial charge in [0.25, 0.3) is 5.91 Å². The Bertz CT molecular complexity index is 944. The first kappa shape index (κ1) is 20.4. The number of H-pyrrole nitrogens is 1. The Balaban J connectivity index is 1.36. The van der Waals surface area contributed by atoms with Gasteiger partial charge in [-0.15, -0.1) is 0 Å². The lowest BCUT2D eigenvalue weighted by molar-refractivity contribution is -0.136. The highest BCUT2D eigenvalue weighted by Gasteiger charge is 2.30. The molecule has 0 saturated carbocycles. The number of hydrogen-bond donors (Lipinski definition) is 1. The van der Waals surface area contributed by atoms with E-state index >= 15 is 0 Å². The first-order valence-corrected chi connectivity index (χ1v) is 11.0. The molecule has 2 aliphatic heterocycles. The zero-order valence-electron chi connectivity index (χ0n) is 17.6. The molecule has 1 aromatic carbocycles. The second-order valence-electron chi connectivity index (χ2n) is 8.42. The maximum atomic E-state index is 12.9. The molecule has 1 aromatic heterocycles. The van der Waals surface area contributed by atoms with Crippen LogP contribution >= 0.6 is 0 Å². The van der Waals surface area contributed by atoms with Crippen molar-refractivity contribution in [2.75, 3.05) is 26.2 Å². The van der Waals surface area contributed by atoms with Crippen molar-refractivity contribution in [3.05, 3.63) is 52.2 Å². The van der Waals surface area contributed by atoms with E-state index in [0.717, 1.165) is 50.2 Å². The predicted octanol–water partition coefficient (Wildman–Crippen LogP) is 2.73. The van der Waals surface area contributed by atoms with Crippen molar-refractivity contribution in [2.24, 2.45) is 5.92 Å². The van der Waals surface area contributed by atoms with Crippen molar-refractivity contribution in [1.82, 2.24) is 19.4 Å². The maximum Gasteiger partial charge on any atom is 0.330 e. The Labute approximate surface area is 176 Å². The average Bonchev–Trinajstić information content (AvgIpc) is 2.97. The zero-order valence-corrected chi connectivity index (χ0v) is 17.6. The van der Waals surface area contributed by atoms with Gasteiger partial charge in [-0.25, -0.2) is 4.79 Å². The predicted molar refractivity (Wildman–Crippen MR) is 115 cm³/mol. The highest BCUT2D eigenvalue weighted by atomic mass is 16.2. The number of benzene rings is 1. The van der Waals surface area contributed by atoms with E-state index in [0.29, 0.717) is 18.7 Å². The van der Waals surface area contributed by atoms with Gasteiger partial charge in [-0.1, -0.05) is 12.8 Å². The molecule has 7 heteroatoms. The summed E-state index contributed by atoms with van der Waals surface area (Å²) in [6, 6.07) is 7.13. The number of aromatic nitrogens is 2. The van der Waals surface area contributed by atoms with Crippen LogP contribution in [0, 0.1) is 12.8 Å². The van der Waals surface area contributed by atoms with Crippen LogP contribution in [0.15, 0.2) is 35.3 Å². The lowest BCUT2D eigenvalue weighted by Crippen LogP contribution is -2.44. The van der Waals surface area contributed by atoms with Crippen LogP contribution in [0.4, 0.5) is 0 Å². The number of aryl methyl sites for hydroxylation is 1. The lowest BCUT2D eigenvalue weighted by atomic mass is 9.94. The minimum atomic E-state index is -0.192. The molecule has 30 heavy (non-hydrogen) atoms. The van der Waals surface area contributed by atoms with Gasteiger partial charge in [-0.2, -0.15) is 0 Å². The molecule has 0 atom stereocenters. The monoisotopic (exact) mass is 410 g/mol. The number of hydrogen-bond acceptors (Lipinski definition) is 3. The van der Waals surface area contributed by atoms with Crippen LogP contribution in [0.1, 0.15) is 54.6 Å². The van der Waals surface area contributed by atoms with Gasteiger partial charge in [0.15, 0.2) is 0 Å². The first-order chi connectivity index (χ1) is 14.5. The van der Waals surface area contributed by atoms with Crippen molar-refractivity contribution in [3.8, 4) is 5.69 Å². The summed E-state index contributed by atoms with van der Waals surface area (Å²) < 4.78 is 1.58. The van der Waals surface area contributed by atoms with Crippen LogP contribution in [0.3, 0.4) is 0 Å². The molecule has 2 fully saturated rings. The number of imidazole rings is 1. The summed E-state index contributed by atoms with van der Waals surface area (Å²) in [6.45, 7) is 4.85. The number of piperidine rings is 1. The number of carbonyl (C=O) groups excluding carboxylic acids is 2. The summed E-state index contributed by atoms with van der Waals surface area (Å²) in [6.07, 6.45) is 7.77. The second-order valence-corrected chi connectivity index (χ2v) is 8.42. The third-order valence-electron chi connectivity index (χ3n) is 6.38. The van der Waals surface area contributed by atoms with Crippen molar-refractivity contribution < 1.29 is 9.59 Å². The largest absolute Gasteiger partial charge is 0.342 e. The number of amides is 2. The third-order valence-corrected chi connectivity index (χ3v) is 6.38. The van der Waals surface area contributed by atoms with E-state index in [1.165, 1.54) is 12.8 Å². The van der Waals surface area contributed by atoms with Gasteiger partial charge in [-0.3, -0.25) is 14.2 Å². The summed E-state index contributed by atoms with van der Waals surface area (Å²) >= 11 is 0. The minimum absolute atomic E-state index is 0.0136. The number of nitrogens with zero attached hydrogens (tertiary/aromatic N) is 3. The molecule has 2 aromatic rings. The average molecular weight is 411 g/mol. The minimum Gasteiger partial charge on any atom is -0.342 e. The van der Waals surface area contributed by atoms with Crippen LogP contribution in [0.5, 0.6) is 0 Å². The smallest absolute Gasteiger partial charge is 0.330 e. The standard InChI is InChI=1S/C23H30N4O3/c1-17-16-24-23(30)27(17)20-8-6-18(7-9-20)21(28)26-14-10-19(11-15-26)22(29)25-12-4-2-3-5-13-25/h6-9,16,19H,2-5,10-15H2,1H3,(H,24,30). The quantitative estimate of drug-likeness (QED) is 0.845. The number of nitrogens with one attached hydrogen (secondary N) is 1. The summed E-state index contributed by atoms with van der Waals surface area (Å²) in [5.74, 6) is 0.305. The Morgan fingerprint density at radius 2 is 1.53 bits per heavy atom. The van der Waals surface area contributed by atoms with E-state index in [9.17, 15) is 14.4 Å². The molecule has 0 unspecified atom stereocenters. The van der Waals surface area contributed by atoms with Crippen LogP contribution in [0.25, 0.3) is 5.69 Å². The lowest BCUT2D eigenvalue weighted by Gasteiger charge is -2.34. The molecule has 1 N–H and O–H groups in total. The number of rotatable bonds is 3. The molecule has 0 radical (unpaired) electrons. The Morgan fingerprint density at radius 1 is 0.900 bits per heavy atom. The molecular weight excluding hydrogens is 380 g/mol. The Hall–Kier alpha value is -2.83. The molecule has 0 aliphatic carbocycles. The van der Waals surface area contributed by atoms with Gasteiger partial charge in [-0.05, 0) is 56.9 Å². The molecule has 160 valence electrons. The number of likely N-dealkylation sites (tertiary alicyclic amines) is 2. The van der Waals surface area contributed by atoms with E-state index in [2.05, 4.69) is 4.98 Å². The molecule has 0 bridgehead atoms. The molecule has 7 nitrogen and oxygen atoms in total. The highest BCUT2D eigenvalue weighted by Crippen LogP contribution is 2.23. The van der Waals surface area contributed by atoms with Crippen LogP contribution in [0.2, 0.25) is 0 Å². The van der Waals surface area contributed by atoms with E-state index in [1.54, 1.807) is 35.0 Å². The van der Waals surface area contributed by atoms with Crippen molar-refractivity contribution in [3.63, 3.8) is 0 Å². The van der Waals surface area contributed by atoms with Gasteiger partial charge in [0.1, 0.15) is 0 Å². The van der Waals surface area contributed by atoms with Crippen LogP contribution in [-0.2, 0) is 4.79 Å². The van der Waals surface area contributed by atoms with E-state index in [-0.39, 0.29) is 23.4 Å². The summed E-state index contributed by atoms with van der Waals surface area (Å²) in [4.78, 5) is 44.2. The van der Waals surface area contributed by atoms with Gasteiger partial charge in [0, 0.05) is 49.6 Å². The van der Waals surface area contributed by atoms with Gasteiger partial charge < -0.3 is 14.8 Å². The summed E-state index contributed by atoms with van der Waals surface area (Å²) in [5, 5.41) is 0. The van der Waals surface area contributed by atoms with E-state index in [1.807, 2.05) is 16.7 Å². The van der Waals surface area contributed by atoms with Crippen molar-refractivity contribution in [2.45, 2.75) is 45.4 Å². The number of aromatic amines is 1. The molecule has 3 heterocycles. The molecule has 2 aliphatic rings. The van der Waals surface area contributed by atoms with Gasteiger partial charge >= 0.3 is 5.69 Å². The first-order valence-electron chi connectivity index (χ1n) is 11.0. The third kappa shape index (κ3) is 4.20. The summed E-state index contributed by atoms with van der Waals surface area (Å²) in [7, 11) is 0. The number of carbonyl (C=O) groups is 2. The van der Waals surface area contributed by atoms with E-state index < -0.39 is 0 Å². The molecular formula is C23H30N4O3. The molecule has 0 spiro atoms. The van der Waals surface area contributed by atoms with Gasteiger partial charge in [0.05, 0.1) is 5.69 Å². The fourth-order valence-corrected chi connectivity index (χ4v) is 4.59. The van der Waals surface area contributed by atoms with Crippen LogP contribution in [-0.4, -0.2) is 57.3 Å². The Kier molecular flexibility index (Phi) is 6.06. The fourth-order valence-electron chi connectivity index (χ4n) is 4.59. The molecule has 2 saturated heterocycles. The fraction of sp³-hybridized carbons (Fsp3) is 0.522. The molecule has 2 amide bonds. The van der Waals surface area contributed by atoms with Crippen molar-refractivity contribution >= 4 is 11.8 Å². The van der Waals surface area contributed by atoms with Gasteiger partial charge in [0.2, 0.25) is 5.91 Å². The van der Waals surface area contributed by atoms with E-state index in [4.69, 9.17) is 0 Å².